The molecule has 2 atom stereocenters. The molecule has 90 heavy (non-hydrogen) atoms. The first-order valence-electron chi connectivity index (χ1n) is 30.8. The van der Waals surface area contributed by atoms with Crippen LogP contribution in [0, 0.1) is 31.6 Å². The van der Waals surface area contributed by atoms with E-state index in [0.717, 1.165) is 54.0 Å². The Bertz CT molecular complexity index is 2970. The molecule has 4 aromatic rings. The summed E-state index contributed by atoms with van der Waals surface area (Å²) in [6.45, 7) is 38.9. The van der Waals surface area contributed by atoms with Gasteiger partial charge in [-0.3, -0.25) is 9.15 Å². The zero-order valence-corrected chi connectivity index (χ0v) is 58.8. The van der Waals surface area contributed by atoms with Gasteiger partial charge in [-0.05, 0) is 71.7 Å². The Kier molecular flexibility index (Phi) is 30.7. The number of amides is 2. The minimum Gasteiger partial charge on any atom is -0.489 e. The lowest BCUT2D eigenvalue weighted by Crippen LogP contribution is -2.61. The Morgan fingerprint density at radius 1 is 0.722 bits per heavy atom. The molecule has 5 aliphatic rings. The van der Waals surface area contributed by atoms with Gasteiger partial charge in [-0.2, -0.15) is 14.3 Å². The third-order valence-corrected chi connectivity index (χ3v) is 19.0. The second-order valence-corrected chi connectivity index (χ2v) is 29.5. The molecule has 5 aliphatic heterocycles. The monoisotopic (exact) mass is 1340 g/mol. The second-order valence-electron chi connectivity index (χ2n) is 24.2. The molecule has 2 bridgehead atoms. The van der Waals surface area contributed by atoms with E-state index in [-0.39, 0.29) is 55.2 Å². The first-order valence-corrected chi connectivity index (χ1v) is 35.0. The van der Waals surface area contributed by atoms with Gasteiger partial charge < -0.3 is 49.3 Å². The van der Waals surface area contributed by atoms with Gasteiger partial charge in [0.05, 0.1) is 88.0 Å². The van der Waals surface area contributed by atoms with Crippen molar-refractivity contribution in [2.75, 3.05) is 124 Å². The van der Waals surface area contributed by atoms with Crippen molar-refractivity contribution in [2.45, 2.75) is 143 Å². The van der Waals surface area contributed by atoms with E-state index < -0.39 is 9.84 Å². The first-order chi connectivity index (χ1) is 42.6. The van der Waals surface area contributed by atoms with E-state index in [1.54, 1.807) is 28.9 Å². The molecule has 0 radical (unpaired) electrons. The second kappa shape index (κ2) is 36.7. The summed E-state index contributed by atoms with van der Waals surface area (Å²) in [6, 6.07) is 6.59. The number of halogens is 1. The van der Waals surface area contributed by atoms with E-state index >= 15 is 0 Å². The van der Waals surface area contributed by atoms with Crippen LogP contribution < -0.4 is 35.1 Å². The Morgan fingerprint density at radius 3 is 1.77 bits per heavy atom. The van der Waals surface area contributed by atoms with Crippen molar-refractivity contribution in [1.29, 1.82) is 0 Å². The van der Waals surface area contributed by atoms with E-state index in [9.17, 15) is 18.0 Å². The molecule has 2 amide bonds. The number of rotatable bonds is 20. The molecule has 5 saturated heterocycles. The van der Waals surface area contributed by atoms with Crippen molar-refractivity contribution >= 4 is 71.2 Å². The summed E-state index contributed by atoms with van der Waals surface area (Å²) in [7, 11) is 0.955. The summed E-state index contributed by atoms with van der Waals surface area (Å²) in [5, 5.41) is 8.19. The maximum absolute atomic E-state index is 12.1. The number of aryl methyl sites for hydroxylation is 2. The van der Waals surface area contributed by atoms with Gasteiger partial charge in [0, 0.05) is 109 Å². The van der Waals surface area contributed by atoms with E-state index in [0.29, 0.717) is 97.3 Å². The number of carbonyl (C=O) groups is 2. The Labute approximate surface area is 544 Å². The van der Waals surface area contributed by atoms with Crippen LogP contribution in [0.3, 0.4) is 0 Å². The van der Waals surface area contributed by atoms with Crippen LogP contribution in [0.4, 0.5) is 26.8 Å². The molecular weight excluding hydrogens is 1240 g/mol. The van der Waals surface area contributed by atoms with Crippen LogP contribution in [0.2, 0.25) is 5.15 Å². The van der Waals surface area contributed by atoms with Crippen molar-refractivity contribution < 1.29 is 59.9 Å². The van der Waals surface area contributed by atoms with Crippen molar-refractivity contribution in [1.82, 2.24) is 54.4 Å². The SMILES string of the molecule is CC(C)CN1CCN2CCN[P@@]1[N+](CC(C)C)(CC(C)C)CC2.COOSc1ccc(Nc2ncnc(OC3CCN(C(=O)OC(C)C)CC3)c2OC)c(C)n1.COc1c(Cl)ncnc1OC1CCN(C(=O)OC(C)C)CC1.Cc1nc(S(C)(=O)=O)ccc1N. The molecule has 9 rings (SSSR count). The molecular formula is C60H99ClN14O12PS2+. The molecule has 0 saturated carbocycles. The van der Waals surface area contributed by atoms with Gasteiger partial charge in [0.15, 0.2) is 25.8 Å². The molecule has 0 spiro atoms. The summed E-state index contributed by atoms with van der Waals surface area (Å²) < 4.78 is 64.1. The van der Waals surface area contributed by atoms with Gasteiger partial charge in [-0.25, -0.2) is 52.6 Å². The third kappa shape index (κ3) is 23.9. The largest absolute Gasteiger partial charge is 0.489 e. The number of anilines is 3. The van der Waals surface area contributed by atoms with Gasteiger partial charge >= 0.3 is 12.2 Å². The number of nitrogens with zero attached hydrogens (tertiary/aromatic N) is 11. The number of ether oxygens (including phenoxy) is 6. The third-order valence-electron chi connectivity index (χ3n) is 14.4. The fourth-order valence-corrected chi connectivity index (χ4v) is 15.0. The zero-order valence-electron chi connectivity index (χ0n) is 55.6. The smallest absolute Gasteiger partial charge is 0.410 e. The summed E-state index contributed by atoms with van der Waals surface area (Å²) in [5.41, 5.74) is 8.00. The number of aromatic nitrogens is 6. The van der Waals surface area contributed by atoms with Gasteiger partial charge in [0.2, 0.25) is 11.5 Å². The van der Waals surface area contributed by atoms with E-state index in [1.807, 2.05) is 40.7 Å². The highest BCUT2D eigenvalue weighted by atomic mass is 35.5. The summed E-state index contributed by atoms with van der Waals surface area (Å²) in [5.74, 6) is 4.09. The van der Waals surface area contributed by atoms with Crippen LogP contribution in [0.5, 0.6) is 23.3 Å². The first kappa shape index (κ1) is 75.3. The number of hydrogen-bond donors (Lipinski definition) is 3. The molecule has 4 N–H and O–H groups in total. The number of methoxy groups -OCH3 is 2. The lowest BCUT2D eigenvalue weighted by Gasteiger charge is -2.53. The van der Waals surface area contributed by atoms with Gasteiger partial charge in [-0.15, -0.1) is 0 Å². The van der Waals surface area contributed by atoms with Crippen LogP contribution in [0.1, 0.15) is 106 Å². The van der Waals surface area contributed by atoms with E-state index in [2.05, 4.69) is 96.3 Å². The molecule has 9 heterocycles. The van der Waals surface area contributed by atoms with Crippen LogP contribution in [0.25, 0.3) is 0 Å². The number of likely N-dealkylation sites (tertiary alicyclic amines) is 2. The Hall–Kier alpha value is -5.42. The summed E-state index contributed by atoms with van der Waals surface area (Å²) >= 11 is 6.95. The highest BCUT2D eigenvalue weighted by Gasteiger charge is 2.46. The summed E-state index contributed by atoms with van der Waals surface area (Å²) in [4.78, 5) is 59.3. The highest BCUT2D eigenvalue weighted by Crippen LogP contribution is 2.50. The number of hydrogen-bond acceptors (Lipinski definition) is 24. The minimum atomic E-state index is -3.21. The highest BCUT2D eigenvalue weighted by molar-refractivity contribution is 7.94. The Balaban J connectivity index is 0.000000229. The standard InChI is InChI=1S/C21H29N5O6S.C18H40N4P.C14H20ClN3O4.C7H10N2O2S/c1-13(2)30-21(27)26-10-8-15(9-11-26)31-20-18(28-4)19(22-12-23-20)25-16-6-7-17(24-14(16)3)33-32-29-5;1-16(2)13-21-10-9-20-8-7-19-23(21)22(12-11-20,14-17(3)4)15-18(5)6;1-9(2)21-14(19)18-6-4-10(5-7-18)22-13-11(20-3)12(15)16-8-17-13;1-5-6(8)3-4-7(9-5)12(2,10)11/h6-7,12-13,15H,8-11H2,1-5H3,(H,22,23,25);16-19H,7-15H2,1-6H3;8-10H,4-7H2,1-3H3;3-4H,8H2,1-2H3/q;+1;;/t;23-;;/m.1../s1. The number of sulfone groups is 1. The Morgan fingerprint density at radius 2 is 1.28 bits per heavy atom. The summed E-state index contributed by atoms with van der Waals surface area (Å²) in [6.07, 6.45) is 5.57. The van der Waals surface area contributed by atoms with Crippen LogP contribution in [0.15, 0.2) is 47.0 Å². The number of carbonyl (C=O) groups excluding carboxylic acids is 2. The van der Waals surface area contributed by atoms with Crippen LogP contribution in [-0.2, 0) is 28.5 Å². The fourth-order valence-electron chi connectivity index (χ4n) is 10.5. The van der Waals surface area contributed by atoms with Crippen molar-refractivity contribution in [2.24, 2.45) is 17.8 Å². The number of pyridine rings is 2. The fraction of sp³-hybridized carbons (Fsp3) is 0.667. The molecule has 30 heteroatoms. The molecule has 504 valence electrons. The number of fused-ring (bicyclic) bond motifs is 6. The van der Waals surface area contributed by atoms with Crippen molar-refractivity contribution in [3.8, 4) is 23.3 Å². The maximum atomic E-state index is 12.1. The van der Waals surface area contributed by atoms with Crippen LogP contribution in [-0.4, -0.2) is 211 Å². The predicted molar refractivity (Wildman–Crippen MR) is 351 cm³/mol. The topological polar surface area (TPSA) is 282 Å². The number of nitrogens with one attached hydrogen (secondary N) is 2. The minimum absolute atomic E-state index is 0.0528. The molecule has 0 aliphatic carbocycles. The predicted octanol–water partition coefficient (Wildman–Crippen LogP) is 10.0. The van der Waals surface area contributed by atoms with Crippen LogP contribution >= 0.6 is 32.0 Å². The average Bonchev–Trinajstić information content (AvgIpc) is 1.16. The zero-order chi connectivity index (χ0) is 66.3. The quantitative estimate of drug-likeness (QED) is 0.0244. The lowest BCUT2D eigenvalue weighted by atomic mass is 10.1. The van der Waals surface area contributed by atoms with Gasteiger partial charge in [0.1, 0.15) is 29.9 Å². The number of nitrogen functional groups attached to an aromatic ring is 1. The normalized spacial score (nSPS) is 18.1. The molecule has 0 aromatic carbocycles. The van der Waals surface area contributed by atoms with Gasteiger partial charge in [-0.1, -0.05) is 53.1 Å². The van der Waals surface area contributed by atoms with Crippen molar-refractivity contribution in [3.05, 3.63) is 53.5 Å². The number of quaternary nitrogens is 1. The lowest BCUT2D eigenvalue weighted by molar-refractivity contribution is -0.819. The molecule has 26 nitrogen and oxygen atoms in total. The molecule has 4 aromatic heterocycles. The maximum Gasteiger partial charge on any atom is 0.410 e. The van der Waals surface area contributed by atoms with E-state index in [4.69, 9.17) is 50.1 Å². The van der Waals surface area contributed by atoms with Crippen molar-refractivity contribution in [3.63, 3.8) is 0 Å². The van der Waals surface area contributed by atoms with Gasteiger partial charge in [0.25, 0.3) is 20.1 Å². The number of nitrogens with two attached hydrogens (primary N) is 1. The average molecular weight is 1340 g/mol. The number of piperidine rings is 2. The molecule has 5 fully saturated rings. The molecule has 1 unspecified atom stereocenters. The van der Waals surface area contributed by atoms with E-state index in [1.165, 1.54) is 96.7 Å².